The number of esters is 1. The monoisotopic (exact) mass is 363 g/mol. The summed E-state index contributed by atoms with van der Waals surface area (Å²) in [5, 5.41) is 7.14. The molecule has 0 saturated heterocycles. The first kappa shape index (κ1) is 17.0. The molecule has 0 radical (unpaired) electrons. The Balaban J connectivity index is 2.78. The summed E-state index contributed by atoms with van der Waals surface area (Å²) in [6, 6.07) is 0. The van der Waals surface area contributed by atoms with Gasteiger partial charge in [0.1, 0.15) is 11.0 Å². The topological polar surface area (TPSA) is 73.2 Å². The van der Waals surface area contributed by atoms with Crippen molar-refractivity contribution in [2.45, 2.75) is 13.5 Å². The Bertz CT molecular complexity index is 521. The van der Waals surface area contributed by atoms with Crippen LogP contribution in [0.1, 0.15) is 6.92 Å². The standard InChI is InChI=1S/C12H18BrN3O3S/c1-8(7-20-3)4-14-9-5-15-16(6-10(17)19-2)12(18)11(9)13/h5,8,14H,4,6-7H2,1-3H3. The highest BCUT2D eigenvalue weighted by molar-refractivity contribution is 9.10. The second kappa shape index (κ2) is 8.31. The number of rotatable bonds is 7. The number of hydrogen-bond acceptors (Lipinski definition) is 6. The molecular weight excluding hydrogens is 346 g/mol. The molecule has 0 spiro atoms. The van der Waals surface area contributed by atoms with Gasteiger partial charge in [0.2, 0.25) is 0 Å². The molecule has 1 aromatic heterocycles. The Kier molecular flexibility index (Phi) is 7.08. The van der Waals surface area contributed by atoms with Crippen LogP contribution in [-0.2, 0) is 16.1 Å². The number of thioether (sulfide) groups is 1. The fraction of sp³-hybridized carbons (Fsp3) is 0.583. The van der Waals surface area contributed by atoms with Gasteiger partial charge in [-0.2, -0.15) is 16.9 Å². The first-order valence-electron chi connectivity index (χ1n) is 6.04. The van der Waals surface area contributed by atoms with Gasteiger partial charge in [0.25, 0.3) is 5.56 Å². The van der Waals surface area contributed by atoms with Crippen LogP contribution in [-0.4, -0.2) is 41.4 Å². The molecule has 1 aromatic rings. The largest absolute Gasteiger partial charge is 0.468 e. The molecule has 112 valence electrons. The van der Waals surface area contributed by atoms with Gasteiger partial charge in [-0.3, -0.25) is 9.59 Å². The quantitative estimate of drug-likeness (QED) is 0.741. The van der Waals surface area contributed by atoms with E-state index < -0.39 is 5.97 Å². The third kappa shape index (κ3) is 4.82. The number of carbonyl (C=O) groups excluding carboxylic acids is 1. The lowest BCUT2D eigenvalue weighted by molar-refractivity contribution is -0.141. The highest BCUT2D eigenvalue weighted by atomic mass is 79.9. The number of carbonyl (C=O) groups is 1. The number of methoxy groups -OCH3 is 1. The van der Waals surface area contributed by atoms with Crippen molar-refractivity contribution in [2.24, 2.45) is 5.92 Å². The second-order valence-corrected chi connectivity index (χ2v) is 6.06. The number of hydrogen-bond donors (Lipinski definition) is 1. The van der Waals surface area contributed by atoms with Crippen LogP contribution in [0, 0.1) is 5.92 Å². The lowest BCUT2D eigenvalue weighted by atomic mass is 10.2. The third-order valence-corrected chi connectivity index (χ3v) is 4.25. The first-order chi connectivity index (χ1) is 9.49. The van der Waals surface area contributed by atoms with Crippen LogP contribution in [0.3, 0.4) is 0 Å². The summed E-state index contributed by atoms with van der Waals surface area (Å²) in [6.07, 6.45) is 3.59. The number of ether oxygens (including phenoxy) is 1. The fourth-order valence-corrected chi connectivity index (χ4v) is 2.65. The minimum absolute atomic E-state index is 0.197. The van der Waals surface area contributed by atoms with E-state index in [1.807, 2.05) is 0 Å². The minimum atomic E-state index is -0.513. The van der Waals surface area contributed by atoms with Gasteiger partial charge in [0, 0.05) is 6.54 Å². The highest BCUT2D eigenvalue weighted by Crippen LogP contribution is 2.17. The van der Waals surface area contributed by atoms with Gasteiger partial charge in [-0.05, 0) is 33.9 Å². The van der Waals surface area contributed by atoms with Crippen LogP contribution in [0.4, 0.5) is 5.69 Å². The molecule has 0 bridgehead atoms. The average Bonchev–Trinajstić information content (AvgIpc) is 2.43. The maximum Gasteiger partial charge on any atom is 0.327 e. The fourth-order valence-electron chi connectivity index (χ4n) is 1.52. The molecule has 0 aliphatic rings. The van der Waals surface area contributed by atoms with Gasteiger partial charge < -0.3 is 10.1 Å². The van der Waals surface area contributed by atoms with Gasteiger partial charge in [0.05, 0.1) is 19.0 Å². The number of aromatic nitrogens is 2. The summed E-state index contributed by atoms with van der Waals surface area (Å²) in [5.41, 5.74) is 0.266. The Morgan fingerprint density at radius 1 is 1.65 bits per heavy atom. The molecule has 1 atom stereocenters. The minimum Gasteiger partial charge on any atom is -0.468 e. The van der Waals surface area contributed by atoms with Crippen molar-refractivity contribution in [1.29, 1.82) is 0 Å². The molecule has 20 heavy (non-hydrogen) atoms. The highest BCUT2D eigenvalue weighted by Gasteiger charge is 2.12. The normalized spacial score (nSPS) is 12.0. The van der Waals surface area contributed by atoms with E-state index in [1.54, 1.807) is 11.8 Å². The van der Waals surface area contributed by atoms with E-state index in [1.165, 1.54) is 13.3 Å². The lowest BCUT2D eigenvalue weighted by Crippen LogP contribution is -2.28. The Morgan fingerprint density at radius 3 is 2.95 bits per heavy atom. The smallest absolute Gasteiger partial charge is 0.327 e. The van der Waals surface area contributed by atoms with E-state index in [4.69, 9.17) is 0 Å². The van der Waals surface area contributed by atoms with Crippen molar-refractivity contribution >= 4 is 39.3 Å². The lowest BCUT2D eigenvalue weighted by Gasteiger charge is -2.13. The molecule has 1 unspecified atom stereocenters. The molecule has 8 heteroatoms. The van der Waals surface area contributed by atoms with Gasteiger partial charge in [-0.1, -0.05) is 6.92 Å². The van der Waals surface area contributed by atoms with Crippen LogP contribution < -0.4 is 10.9 Å². The molecule has 0 amide bonds. The van der Waals surface area contributed by atoms with Crippen LogP contribution in [0.15, 0.2) is 15.5 Å². The molecular formula is C12H18BrN3O3S. The molecule has 6 nitrogen and oxygen atoms in total. The van der Waals surface area contributed by atoms with Crippen LogP contribution in [0.5, 0.6) is 0 Å². The SMILES string of the molecule is COC(=O)Cn1ncc(NCC(C)CSC)c(Br)c1=O. The van der Waals surface area contributed by atoms with E-state index in [9.17, 15) is 9.59 Å². The summed E-state index contributed by atoms with van der Waals surface area (Å²) in [6.45, 7) is 2.68. The number of nitrogens with zero attached hydrogens (tertiary/aromatic N) is 2. The summed E-state index contributed by atoms with van der Waals surface area (Å²) in [5.74, 6) is 1.01. The zero-order valence-electron chi connectivity index (χ0n) is 11.7. The second-order valence-electron chi connectivity index (χ2n) is 4.35. The van der Waals surface area contributed by atoms with Crippen molar-refractivity contribution in [2.75, 3.05) is 31.0 Å². The predicted molar refractivity (Wildman–Crippen MR) is 84.2 cm³/mol. The van der Waals surface area contributed by atoms with E-state index in [0.717, 1.165) is 17.0 Å². The van der Waals surface area contributed by atoms with E-state index in [0.29, 0.717) is 16.1 Å². The Labute approximate surface area is 130 Å². The van der Waals surface area contributed by atoms with Crippen LogP contribution >= 0.6 is 27.7 Å². The van der Waals surface area contributed by atoms with Gasteiger partial charge in [0.15, 0.2) is 0 Å². The maximum absolute atomic E-state index is 12.0. The average molecular weight is 364 g/mol. The van der Waals surface area contributed by atoms with Crippen molar-refractivity contribution in [3.05, 3.63) is 21.0 Å². The zero-order valence-corrected chi connectivity index (χ0v) is 14.1. The number of halogens is 1. The van der Waals surface area contributed by atoms with E-state index >= 15 is 0 Å². The van der Waals surface area contributed by atoms with E-state index in [2.05, 4.69) is 44.3 Å². The van der Waals surface area contributed by atoms with Crippen LogP contribution in [0.2, 0.25) is 0 Å². The maximum atomic E-state index is 12.0. The van der Waals surface area contributed by atoms with Gasteiger partial charge in [-0.25, -0.2) is 4.68 Å². The summed E-state index contributed by atoms with van der Waals surface area (Å²) >= 11 is 5.02. The zero-order chi connectivity index (χ0) is 15.1. The molecule has 0 aliphatic carbocycles. The summed E-state index contributed by atoms with van der Waals surface area (Å²) in [4.78, 5) is 23.2. The molecule has 1 heterocycles. The summed E-state index contributed by atoms with van der Waals surface area (Å²) in [7, 11) is 1.27. The van der Waals surface area contributed by atoms with Crippen molar-refractivity contribution in [1.82, 2.24) is 9.78 Å². The molecule has 0 fully saturated rings. The van der Waals surface area contributed by atoms with Gasteiger partial charge >= 0.3 is 5.97 Å². The molecule has 1 rings (SSSR count). The van der Waals surface area contributed by atoms with Gasteiger partial charge in [-0.15, -0.1) is 0 Å². The molecule has 0 saturated carbocycles. The van der Waals surface area contributed by atoms with Crippen LogP contribution in [0.25, 0.3) is 0 Å². The first-order valence-corrected chi connectivity index (χ1v) is 8.23. The molecule has 0 aromatic carbocycles. The Hall–Kier alpha value is -1.02. The number of nitrogens with one attached hydrogen (secondary N) is 1. The molecule has 0 aliphatic heterocycles. The van der Waals surface area contributed by atoms with E-state index in [-0.39, 0.29) is 12.1 Å². The summed E-state index contributed by atoms with van der Waals surface area (Å²) < 4.78 is 5.94. The van der Waals surface area contributed by atoms with Crippen molar-refractivity contribution in [3.8, 4) is 0 Å². The van der Waals surface area contributed by atoms with Crippen molar-refractivity contribution < 1.29 is 9.53 Å². The van der Waals surface area contributed by atoms with Crippen molar-refractivity contribution in [3.63, 3.8) is 0 Å². The Morgan fingerprint density at radius 2 is 2.35 bits per heavy atom. The predicted octanol–water partition coefficient (Wildman–Crippen LogP) is 1.59. The third-order valence-electron chi connectivity index (χ3n) is 2.58. The number of anilines is 1. The molecule has 1 N–H and O–H groups in total.